The topological polar surface area (TPSA) is 54.3 Å². The Labute approximate surface area is 218 Å². The van der Waals surface area contributed by atoms with E-state index in [-0.39, 0.29) is 5.91 Å². The molecular formula is C26H26AsClN2O2S2. The summed E-state index contributed by atoms with van der Waals surface area (Å²) < 4.78 is 2.58. The van der Waals surface area contributed by atoms with Crippen LogP contribution in [0.25, 0.3) is 10.2 Å². The number of aliphatic hydroxyl groups is 1. The summed E-state index contributed by atoms with van der Waals surface area (Å²) in [6.45, 7) is 0.411. The molecule has 0 aliphatic rings. The molecule has 176 valence electrons. The van der Waals surface area contributed by atoms with E-state index in [0.29, 0.717) is 21.6 Å². The molecule has 8 heteroatoms. The predicted molar refractivity (Wildman–Crippen MR) is 146 cm³/mol. The van der Waals surface area contributed by atoms with Crippen molar-refractivity contribution in [3.05, 3.63) is 98.0 Å². The number of hydrogen-bond donors (Lipinski definition) is 2. The van der Waals surface area contributed by atoms with Gasteiger partial charge in [0.2, 0.25) is 0 Å². The van der Waals surface area contributed by atoms with Gasteiger partial charge in [0.05, 0.1) is 0 Å². The monoisotopic (exact) mass is 572 g/mol. The van der Waals surface area contributed by atoms with E-state index < -0.39 is 20.8 Å². The Balaban J connectivity index is 1.48. The number of thiophene rings is 1. The number of rotatable bonds is 8. The molecule has 0 spiro atoms. The molecule has 1 amide bonds. The minimum absolute atomic E-state index is 0.181. The van der Waals surface area contributed by atoms with Crippen LogP contribution >= 0.6 is 35.2 Å². The van der Waals surface area contributed by atoms with E-state index in [1.165, 1.54) is 4.88 Å². The maximum absolute atomic E-state index is 12.9. The van der Waals surface area contributed by atoms with Crippen LogP contribution in [0.2, 0.25) is 15.9 Å². The average Bonchev–Trinajstić information content (AvgIpc) is 3.26. The summed E-state index contributed by atoms with van der Waals surface area (Å²) in [5.41, 5.74) is 4.76. The first kappa shape index (κ1) is 25.2. The van der Waals surface area contributed by atoms with Gasteiger partial charge in [-0.2, -0.15) is 0 Å². The molecule has 0 aliphatic carbocycles. The third-order valence-electron chi connectivity index (χ3n) is 5.60. The number of carbonyl (C=O) groups excluding carboxylic acids is 1. The Morgan fingerprint density at radius 3 is 2.62 bits per heavy atom. The van der Waals surface area contributed by atoms with Crippen LogP contribution in [0.5, 0.6) is 0 Å². The van der Waals surface area contributed by atoms with Crippen molar-refractivity contribution in [3.8, 4) is 0 Å². The number of aliphatic hydroxyl groups excluding tert-OH is 1. The summed E-state index contributed by atoms with van der Waals surface area (Å²) >= 11 is 12.1. The van der Waals surface area contributed by atoms with Gasteiger partial charge in [0.1, 0.15) is 0 Å². The van der Waals surface area contributed by atoms with Crippen molar-refractivity contribution < 1.29 is 9.90 Å². The number of fused-ring (bicyclic) bond motifs is 1. The molecular weight excluding hydrogens is 547 g/mol. The normalized spacial score (nSPS) is 13.1. The van der Waals surface area contributed by atoms with Crippen LogP contribution in [0, 0.1) is 4.51 Å². The van der Waals surface area contributed by atoms with Crippen molar-refractivity contribution in [1.82, 2.24) is 9.88 Å². The van der Waals surface area contributed by atoms with E-state index in [0.717, 1.165) is 31.8 Å². The Bertz CT molecular complexity index is 1350. The van der Waals surface area contributed by atoms with E-state index in [2.05, 4.69) is 17.1 Å². The first-order valence-corrected chi connectivity index (χ1v) is 17.0. The van der Waals surface area contributed by atoms with E-state index in [1.54, 1.807) is 11.3 Å². The fourth-order valence-electron chi connectivity index (χ4n) is 3.84. The second-order valence-corrected chi connectivity index (χ2v) is 15.3. The summed E-state index contributed by atoms with van der Waals surface area (Å²) in [7, 11) is 1.95. The average molecular weight is 573 g/mol. The molecule has 0 aliphatic heterocycles. The third kappa shape index (κ3) is 5.99. The molecule has 2 heterocycles. The number of benzene rings is 2. The molecule has 2 aromatic heterocycles. The van der Waals surface area contributed by atoms with E-state index in [9.17, 15) is 9.90 Å². The third-order valence-corrected chi connectivity index (χ3v) is 11.9. The molecule has 0 saturated carbocycles. The fourth-order valence-corrected chi connectivity index (χ4v) is 10.1. The standard InChI is InChI=1S/C26H26AsClN2O2S2/c1-27(14-23(31)18-6-4-3-5-7-18)13-20-12-21-24(33)22(16-30(2)26(21)34-20)25(32)29-15-17-8-10-19(28)11-9-17/h3-12,16,23,31H,13-15H2,1-2H3,(H,29,32). The van der Waals surface area contributed by atoms with Gasteiger partial charge in [0.25, 0.3) is 0 Å². The summed E-state index contributed by atoms with van der Waals surface area (Å²) in [4.78, 5) is 15.2. The van der Waals surface area contributed by atoms with Gasteiger partial charge in [-0.25, -0.2) is 0 Å². The molecule has 0 radical (unpaired) electrons. The number of halogens is 1. The quantitative estimate of drug-likeness (QED) is 0.187. The zero-order valence-electron chi connectivity index (χ0n) is 19.0. The van der Waals surface area contributed by atoms with Gasteiger partial charge >= 0.3 is 203 Å². The first-order valence-electron chi connectivity index (χ1n) is 10.9. The number of carbonyl (C=O) groups is 1. The number of pyridine rings is 1. The van der Waals surface area contributed by atoms with Gasteiger partial charge in [-0.1, -0.05) is 11.6 Å². The molecule has 0 bridgehead atoms. The van der Waals surface area contributed by atoms with Gasteiger partial charge in [-0.15, -0.1) is 0 Å². The van der Waals surface area contributed by atoms with Crippen molar-refractivity contribution in [3.63, 3.8) is 0 Å². The van der Waals surface area contributed by atoms with Gasteiger partial charge in [0, 0.05) is 5.02 Å². The molecule has 2 aromatic carbocycles. The number of nitrogens with one attached hydrogen (secondary N) is 1. The van der Waals surface area contributed by atoms with Crippen LogP contribution in [-0.4, -0.2) is 30.2 Å². The number of aryl methyl sites for hydroxylation is 1. The number of nitrogens with zero attached hydrogens (tertiary/aromatic N) is 1. The Hall–Kier alpha value is -1.95. The zero-order valence-corrected chi connectivity index (χ0v) is 23.3. The van der Waals surface area contributed by atoms with E-state index in [4.69, 9.17) is 23.8 Å². The summed E-state index contributed by atoms with van der Waals surface area (Å²) in [5, 5.41) is 17.0. The van der Waals surface area contributed by atoms with Crippen LogP contribution in [0.1, 0.15) is 32.5 Å². The Morgan fingerprint density at radius 1 is 1.21 bits per heavy atom. The van der Waals surface area contributed by atoms with Crippen LogP contribution in [0.3, 0.4) is 0 Å². The van der Waals surface area contributed by atoms with Crippen molar-refractivity contribution >= 4 is 65.9 Å². The molecule has 4 rings (SSSR count). The Kier molecular flexibility index (Phi) is 8.28. The second kappa shape index (κ2) is 11.2. The summed E-state index contributed by atoms with van der Waals surface area (Å²) in [5.74, 6) is -0.181. The molecule has 0 fully saturated rings. The minimum atomic E-state index is -1.27. The van der Waals surface area contributed by atoms with Gasteiger partial charge in [-0.05, 0) is 0 Å². The van der Waals surface area contributed by atoms with E-state index in [1.807, 2.05) is 72.4 Å². The van der Waals surface area contributed by atoms with Gasteiger partial charge in [0.15, 0.2) is 0 Å². The molecule has 4 nitrogen and oxygen atoms in total. The summed E-state index contributed by atoms with van der Waals surface area (Å²) in [6.07, 6.45) is 1.41. The van der Waals surface area contributed by atoms with E-state index >= 15 is 0 Å². The van der Waals surface area contributed by atoms with Crippen molar-refractivity contribution in [2.45, 2.75) is 28.8 Å². The molecule has 2 N–H and O–H groups in total. The number of amides is 1. The van der Waals surface area contributed by atoms with Gasteiger partial charge < -0.3 is 0 Å². The molecule has 2 atom stereocenters. The van der Waals surface area contributed by atoms with Crippen LogP contribution in [0.15, 0.2) is 66.9 Å². The van der Waals surface area contributed by atoms with Crippen LogP contribution < -0.4 is 5.32 Å². The SMILES string of the molecule is Cn1cc(C(=O)NCc2ccc(Cl)cc2)c(=S)c2cc(C[As](C)CC(O)c3ccccc3)sc21. The summed E-state index contributed by atoms with van der Waals surface area (Å²) in [6, 6.07) is 19.4. The second-order valence-electron chi connectivity index (χ2n) is 8.35. The van der Waals surface area contributed by atoms with Crippen LogP contribution in [-0.2, 0) is 18.8 Å². The zero-order chi connectivity index (χ0) is 24.2. The van der Waals surface area contributed by atoms with Crippen LogP contribution in [0.4, 0.5) is 0 Å². The number of hydrogen-bond acceptors (Lipinski definition) is 4. The molecule has 2 unspecified atom stereocenters. The Morgan fingerprint density at radius 2 is 1.91 bits per heavy atom. The van der Waals surface area contributed by atoms with Gasteiger partial charge in [-0.3, -0.25) is 0 Å². The predicted octanol–water partition coefficient (Wildman–Crippen LogP) is 6.49. The first-order chi connectivity index (χ1) is 16.3. The fraction of sp³-hybridized carbons (Fsp3) is 0.231. The van der Waals surface area contributed by atoms with Crippen molar-refractivity contribution in [1.29, 1.82) is 0 Å². The molecule has 34 heavy (non-hydrogen) atoms. The molecule has 4 aromatic rings. The maximum atomic E-state index is 12.9. The van der Waals surface area contributed by atoms with Crippen molar-refractivity contribution in [2.75, 3.05) is 0 Å². The molecule has 0 saturated heterocycles. The van der Waals surface area contributed by atoms with Crippen molar-refractivity contribution in [2.24, 2.45) is 7.05 Å². The number of aromatic nitrogens is 1.